The summed E-state index contributed by atoms with van der Waals surface area (Å²) in [6, 6.07) is 8.19. The minimum absolute atomic E-state index is 1.02. The largest absolute Gasteiger partial charge is 0.284 e. The Morgan fingerprint density at radius 3 is 2.83 bits per heavy atom. The summed E-state index contributed by atoms with van der Waals surface area (Å²) in [5.74, 6) is 0. The second-order valence-electron chi connectivity index (χ2n) is 2.73. The molecule has 0 aliphatic heterocycles. The molecule has 0 unspecified atom stereocenters. The highest BCUT2D eigenvalue weighted by Crippen LogP contribution is 2.20. The molecule has 1 radical (unpaired) electrons. The van der Waals surface area contributed by atoms with Crippen molar-refractivity contribution in [2.24, 2.45) is 0 Å². The summed E-state index contributed by atoms with van der Waals surface area (Å²) < 4.78 is 0. The van der Waals surface area contributed by atoms with Crippen molar-refractivity contribution in [3.8, 4) is 11.1 Å². The van der Waals surface area contributed by atoms with Crippen molar-refractivity contribution in [2.45, 2.75) is 6.92 Å². The molecule has 0 bridgehead atoms. The van der Waals surface area contributed by atoms with E-state index in [-0.39, 0.29) is 0 Å². The van der Waals surface area contributed by atoms with Crippen molar-refractivity contribution in [3.63, 3.8) is 0 Å². The van der Waals surface area contributed by atoms with Gasteiger partial charge < -0.3 is 0 Å². The molecule has 1 aromatic carbocycles. The molecule has 1 heterocycles. The van der Waals surface area contributed by atoms with Gasteiger partial charge in [0, 0.05) is 11.8 Å². The first-order chi connectivity index (χ1) is 5.88. The van der Waals surface area contributed by atoms with Crippen LogP contribution < -0.4 is 0 Å². The van der Waals surface area contributed by atoms with Crippen molar-refractivity contribution in [1.82, 2.24) is 10.2 Å². The number of rotatable bonds is 1. The Bertz CT molecular complexity index is 363. The van der Waals surface area contributed by atoms with Crippen molar-refractivity contribution in [1.29, 1.82) is 0 Å². The average molecular weight is 157 g/mol. The minimum atomic E-state index is 1.02. The first kappa shape index (κ1) is 7.10. The lowest BCUT2D eigenvalue weighted by Gasteiger charge is -1.99. The summed E-state index contributed by atoms with van der Waals surface area (Å²) in [4.78, 5) is 0. The molecule has 12 heavy (non-hydrogen) atoms. The van der Waals surface area contributed by atoms with Crippen molar-refractivity contribution in [2.75, 3.05) is 0 Å². The van der Waals surface area contributed by atoms with E-state index >= 15 is 0 Å². The predicted octanol–water partition coefficient (Wildman–Crippen LogP) is 2.19. The van der Waals surface area contributed by atoms with Gasteiger partial charge in [-0.1, -0.05) is 24.3 Å². The normalized spacial score (nSPS) is 10.1. The average Bonchev–Trinajstić information content (AvgIpc) is 2.57. The lowest BCUT2D eigenvalue weighted by atomic mass is 10.0. The second-order valence-corrected chi connectivity index (χ2v) is 2.73. The summed E-state index contributed by atoms with van der Waals surface area (Å²) >= 11 is 0. The zero-order valence-electron chi connectivity index (χ0n) is 6.83. The molecule has 0 spiro atoms. The van der Waals surface area contributed by atoms with E-state index in [9.17, 15) is 0 Å². The van der Waals surface area contributed by atoms with Crippen LogP contribution in [0.4, 0.5) is 0 Å². The standard InChI is InChI=1S/C10H9N2/c1-8-4-2-3-5-10(8)9-6-11-12-7-9/h2-6H,1H3,(H,11,12). The summed E-state index contributed by atoms with van der Waals surface area (Å²) in [5.41, 5.74) is 3.45. The van der Waals surface area contributed by atoms with Crippen LogP contribution in [0.15, 0.2) is 30.5 Å². The third-order valence-corrected chi connectivity index (χ3v) is 1.89. The van der Waals surface area contributed by atoms with Gasteiger partial charge in [0.2, 0.25) is 0 Å². The van der Waals surface area contributed by atoms with E-state index in [2.05, 4.69) is 35.5 Å². The number of hydrogen-bond donors (Lipinski definition) is 1. The molecule has 0 aliphatic rings. The third kappa shape index (κ3) is 1.11. The zero-order chi connectivity index (χ0) is 8.39. The Hall–Kier alpha value is -1.57. The first-order valence-electron chi connectivity index (χ1n) is 3.85. The maximum atomic E-state index is 3.79. The zero-order valence-corrected chi connectivity index (χ0v) is 6.83. The van der Waals surface area contributed by atoms with Crippen molar-refractivity contribution >= 4 is 0 Å². The molecule has 1 aromatic heterocycles. The number of hydrogen-bond acceptors (Lipinski definition) is 1. The fraction of sp³-hybridized carbons (Fsp3) is 0.100. The van der Waals surface area contributed by atoms with Crippen LogP contribution in [0.3, 0.4) is 0 Å². The van der Waals surface area contributed by atoms with E-state index < -0.39 is 0 Å². The number of nitrogens with one attached hydrogen (secondary N) is 1. The fourth-order valence-electron chi connectivity index (χ4n) is 1.23. The van der Waals surface area contributed by atoms with E-state index in [4.69, 9.17) is 0 Å². The summed E-state index contributed by atoms with van der Waals surface area (Å²) in [6.45, 7) is 2.08. The highest BCUT2D eigenvalue weighted by atomic mass is 15.1. The Labute approximate surface area is 71.3 Å². The lowest BCUT2D eigenvalue weighted by molar-refractivity contribution is 1.08. The van der Waals surface area contributed by atoms with Crippen LogP contribution in [0.2, 0.25) is 0 Å². The van der Waals surface area contributed by atoms with Gasteiger partial charge in [0.05, 0.1) is 0 Å². The molecule has 59 valence electrons. The highest BCUT2D eigenvalue weighted by molar-refractivity contribution is 5.64. The van der Waals surface area contributed by atoms with E-state index in [1.807, 2.05) is 18.3 Å². The Kier molecular flexibility index (Phi) is 1.67. The van der Waals surface area contributed by atoms with Crippen LogP contribution in [0, 0.1) is 13.1 Å². The number of aryl methyl sites for hydroxylation is 1. The molecule has 2 nitrogen and oxygen atoms in total. The topological polar surface area (TPSA) is 28.7 Å². The Morgan fingerprint density at radius 1 is 1.33 bits per heavy atom. The van der Waals surface area contributed by atoms with Crippen LogP contribution in [-0.4, -0.2) is 10.2 Å². The van der Waals surface area contributed by atoms with Crippen molar-refractivity contribution in [3.05, 3.63) is 42.2 Å². The van der Waals surface area contributed by atoms with E-state index in [0.29, 0.717) is 0 Å². The van der Waals surface area contributed by atoms with Crippen LogP contribution in [0.5, 0.6) is 0 Å². The molecule has 0 fully saturated rings. The highest BCUT2D eigenvalue weighted by Gasteiger charge is 2.00. The van der Waals surface area contributed by atoms with Crippen LogP contribution in [-0.2, 0) is 0 Å². The predicted molar refractivity (Wildman–Crippen MR) is 47.6 cm³/mol. The quantitative estimate of drug-likeness (QED) is 0.675. The monoisotopic (exact) mass is 157 g/mol. The molecular formula is C10H9N2. The molecule has 0 atom stereocenters. The summed E-state index contributed by atoms with van der Waals surface area (Å²) in [7, 11) is 0. The maximum absolute atomic E-state index is 3.79. The van der Waals surface area contributed by atoms with E-state index in [1.54, 1.807) is 0 Å². The summed E-state index contributed by atoms with van der Waals surface area (Å²) in [6.07, 6.45) is 4.74. The molecule has 2 rings (SSSR count). The molecule has 2 heteroatoms. The van der Waals surface area contributed by atoms with Gasteiger partial charge in [0.25, 0.3) is 0 Å². The number of nitrogens with zero attached hydrogens (tertiary/aromatic N) is 1. The third-order valence-electron chi connectivity index (χ3n) is 1.89. The summed E-state index contributed by atoms with van der Waals surface area (Å²) in [5, 5.41) is 6.54. The van der Waals surface area contributed by atoms with Gasteiger partial charge in [-0.3, -0.25) is 5.10 Å². The van der Waals surface area contributed by atoms with E-state index in [1.165, 1.54) is 11.1 Å². The molecule has 0 aliphatic carbocycles. The SMILES string of the molecule is Cc1ccccc1-c1[c]n[nH]c1. The van der Waals surface area contributed by atoms with Crippen LogP contribution in [0.1, 0.15) is 5.56 Å². The lowest BCUT2D eigenvalue weighted by Crippen LogP contribution is -1.78. The molecule has 0 amide bonds. The van der Waals surface area contributed by atoms with Gasteiger partial charge in [-0.05, 0) is 18.1 Å². The molecule has 0 saturated carbocycles. The Morgan fingerprint density at radius 2 is 2.17 bits per heavy atom. The van der Waals surface area contributed by atoms with Gasteiger partial charge >= 0.3 is 0 Å². The second kappa shape index (κ2) is 2.81. The first-order valence-corrected chi connectivity index (χ1v) is 3.85. The molecule has 1 N–H and O–H groups in total. The fourth-order valence-corrected chi connectivity index (χ4v) is 1.23. The maximum Gasteiger partial charge on any atom is 0.121 e. The van der Waals surface area contributed by atoms with Gasteiger partial charge in [-0.2, -0.15) is 5.10 Å². The van der Waals surface area contributed by atoms with Crippen molar-refractivity contribution < 1.29 is 0 Å². The van der Waals surface area contributed by atoms with E-state index in [0.717, 1.165) is 5.56 Å². The number of aromatic amines is 1. The Balaban J connectivity index is 2.55. The minimum Gasteiger partial charge on any atom is -0.284 e. The van der Waals surface area contributed by atoms with Crippen LogP contribution >= 0.6 is 0 Å². The number of H-pyrrole nitrogens is 1. The molecule has 0 saturated heterocycles. The van der Waals surface area contributed by atoms with Gasteiger partial charge in [0.1, 0.15) is 6.20 Å². The smallest absolute Gasteiger partial charge is 0.121 e. The van der Waals surface area contributed by atoms with Gasteiger partial charge in [-0.25, -0.2) is 0 Å². The van der Waals surface area contributed by atoms with Gasteiger partial charge in [0.15, 0.2) is 0 Å². The van der Waals surface area contributed by atoms with Crippen LogP contribution in [0.25, 0.3) is 11.1 Å². The molecular weight excluding hydrogens is 148 g/mol. The molecule has 2 aromatic rings. The number of aromatic nitrogens is 2. The van der Waals surface area contributed by atoms with Gasteiger partial charge in [-0.15, -0.1) is 0 Å². The number of benzene rings is 1.